The molecule has 2 atom stereocenters. The molecule has 0 radical (unpaired) electrons. The van der Waals surface area contributed by atoms with Crippen LogP contribution in [-0.4, -0.2) is 35.2 Å². The van der Waals surface area contributed by atoms with Crippen LogP contribution in [0.5, 0.6) is 0 Å². The lowest BCUT2D eigenvalue weighted by Crippen LogP contribution is -2.42. The fourth-order valence-electron chi connectivity index (χ4n) is 1.42. The van der Waals surface area contributed by atoms with Gasteiger partial charge in [0.05, 0.1) is 18.2 Å². The van der Waals surface area contributed by atoms with Gasteiger partial charge in [0.2, 0.25) is 0 Å². The third-order valence-electron chi connectivity index (χ3n) is 2.16. The van der Waals surface area contributed by atoms with Gasteiger partial charge in [0.25, 0.3) is 0 Å². The Morgan fingerprint density at radius 2 is 2.45 bits per heavy atom. The molecule has 1 N–H and O–H groups in total. The zero-order chi connectivity index (χ0) is 8.27. The van der Waals surface area contributed by atoms with Crippen LogP contribution in [0.25, 0.3) is 0 Å². The Morgan fingerprint density at radius 3 is 3.00 bits per heavy atom. The second-order valence-corrected chi connectivity index (χ2v) is 3.10. The number of hydrogen-bond donors (Lipinski definition) is 1. The topological polar surface area (TPSA) is 47.3 Å². The Balaban J connectivity index is 2.40. The predicted octanol–water partition coefficient (Wildman–Crippen LogP) is 0.355. The highest BCUT2D eigenvalue weighted by Gasteiger charge is 2.21. The third-order valence-corrected chi connectivity index (χ3v) is 2.16. The zero-order valence-corrected chi connectivity index (χ0v) is 6.82. The molecule has 1 aliphatic rings. The number of hydrogen-bond acceptors (Lipinski definition) is 3. The van der Waals surface area contributed by atoms with Crippen LogP contribution < -0.4 is 0 Å². The summed E-state index contributed by atoms with van der Waals surface area (Å²) in [5.41, 5.74) is 0. The summed E-state index contributed by atoms with van der Waals surface area (Å²) in [6, 6.07) is 2.12. The average Bonchev–Trinajstić information content (AvgIpc) is 2.03. The van der Waals surface area contributed by atoms with Crippen LogP contribution in [-0.2, 0) is 0 Å². The van der Waals surface area contributed by atoms with Crippen molar-refractivity contribution < 1.29 is 5.11 Å². The van der Waals surface area contributed by atoms with Crippen LogP contribution in [0.3, 0.4) is 0 Å². The monoisotopic (exact) mass is 154 g/mol. The molecule has 1 rings (SSSR count). The molecule has 1 unspecified atom stereocenters. The van der Waals surface area contributed by atoms with Crippen LogP contribution in [0.4, 0.5) is 0 Å². The molecular weight excluding hydrogens is 140 g/mol. The Bertz CT molecular complexity index is 164. The van der Waals surface area contributed by atoms with E-state index in [2.05, 4.69) is 6.07 Å². The SMILES string of the molecule is CC(C#N)N1CCC[C@H](O)C1. The smallest absolute Gasteiger partial charge is 0.0950 e. The lowest BCUT2D eigenvalue weighted by atomic mass is 10.1. The van der Waals surface area contributed by atoms with Gasteiger partial charge < -0.3 is 5.11 Å². The largest absolute Gasteiger partial charge is 0.392 e. The first kappa shape index (κ1) is 8.51. The van der Waals surface area contributed by atoms with Gasteiger partial charge in [-0.3, -0.25) is 4.90 Å². The maximum absolute atomic E-state index is 9.27. The highest BCUT2D eigenvalue weighted by Crippen LogP contribution is 2.11. The Hall–Kier alpha value is -0.590. The summed E-state index contributed by atoms with van der Waals surface area (Å²) in [5.74, 6) is 0. The lowest BCUT2D eigenvalue weighted by molar-refractivity contribution is 0.0618. The number of nitrogens with zero attached hydrogens (tertiary/aromatic N) is 2. The Labute approximate surface area is 67.2 Å². The molecule has 0 aromatic heterocycles. The van der Waals surface area contributed by atoms with Crippen molar-refractivity contribution in [2.24, 2.45) is 0 Å². The molecule has 0 aromatic carbocycles. The predicted molar refractivity (Wildman–Crippen MR) is 41.9 cm³/mol. The molecule has 0 amide bonds. The first-order valence-electron chi connectivity index (χ1n) is 4.05. The summed E-state index contributed by atoms with van der Waals surface area (Å²) >= 11 is 0. The lowest BCUT2D eigenvalue weighted by Gasteiger charge is -2.31. The van der Waals surface area contributed by atoms with Crippen LogP contribution in [0.15, 0.2) is 0 Å². The fraction of sp³-hybridized carbons (Fsp3) is 0.875. The number of β-amino-alcohol motifs (C(OH)–C–C–N with tert-alkyl or cyclic N) is 1. The summed E-state index contributed by atoms with van der Waals surface area (Å²) in [5, 5.41) is 17.9. The van der Waals surface area contributed by atoms with E-state index in [0.29, 0.717) is 6.54 Å². The van der Waals surface area contributed by atoms with E-state index in [0.717, 1.165) is 19.4 Å². The van der Waals surface area contributed by atoms with Crippen molar-refractivity contribution in [1.29, 1.82) is 5.26 Å². The minimum absolute atomic E-state index is 0.0510. The molecule has 62 valence electrons. The first-order chi connectivity index (χ1) is 5.24. The number of aliphatic hydroxyl groups is 1. The molecule has 0 spiro atoms. The van der Waals surface area contributed by atoms with Gasteiger partial charge in [-0.25, -0.2) is 0 Å². The summed E-state index contributed by atoms with van der Waals surface area (Å²) in [6.45, 7) is 3.48. The van der Waals surface area contributed by atoms with Gasteiger partial charge in [-0.2, -0.15) is 5.26 Å². The molecule has 1 aliphatic heterocycles. The van der Waals surface area contributed by atoms with E-state index in [4.69, 9.17) is 5.26 Å². The maximum Gasteiger partial charge on any atom is 0.0950 e. The van der Waals surface area contributed by atoms with Gasteiger partial charge in [-0.05, 0) is 26.3 Å². The maximum atomic E-state index is 9.27. The standard InChI is InChI=1S/C8H14N2O/c1-7(5-9)10-4-2-3-8(11)6-10/h7-8,11H,2-4,6H2,1H3/t7?,8-/m0/s1. The van der Waals surface area contributed by atoms with Crippen molar-refractivity contribution in [3.63, 3.8) is 0 Å². The molecular formula is C8H14N2O. The summed E-state index contributed by atoms with van der Waals surface area (Å²) in [4.78, 5) is 2.02. The van der Waals surface area contributed by atoms with Crippen molar-refractivity contribution in [2.45, 2.75) is 31.9 Å². The van der Waals surface area contributed by atoms with E-state index in [1.165, 1.54) is 0 Å². The molecule has 1 fully saturated rings. The number of likely N-dealkylation sites (tertiary alicyclic amines) is 1. The first-order valence-corrected chi connectivity index (χ1v) is 4.05. The Kier molecular flexibility index (Phi) is 2.86. The van der Waals surface area contributed by atoms with E-state index in [1.807, 2.05) is 11.8 Å². The molecule has 3 heteroatoms. The van der Waals surface area contributed by atoms with Crippen molar-refractivity contribution in [1.82, 2.24) is 4.90 Å². The van der Waals surface area contributed by atoms with Gasteiger partial charge >= 0.3 is 0 Å². The van der Waals surface area contributed by atoms with Crippen LogP contribution >= 0.6 is 0 Å². The van der Waals surface area contributed by atoms with Crippen molar-refractivity contribution in [2.75, 3.05) is 13.1 Å². The fourth-order valence-corrected chi connectivity index (χ4v) is 1.42. The average molecular weight is 154 g/mol. The quantitative estimate of drug-likeness (QED) is 0.593. The third kappa shape index (κ3) is 2.18. The highest BCUT2D eigenvalue weighted by molar-refractivity contribution is 4.90. The summed E-state index contributed by atoms with van der Waals surface area (Å²) < 4.78 is 0. The minimum atomic E-state index is -0.223. The van der Waals surface area contributed by atoms with Crippen LogP contribution in [0.1, 0.15) is 19.8 Å². The van der Waals surface area contributed by atoms with Gasteiger partial charge in [-0.15, -0.1) is 0 Å². The second-order valence-electron chi connectivity index (χ2n) is 3.10. The normalized spacial score (nSPS) is 29.4. The van der Waals surface area contributed by atoms with E-state index in [9.17, 15) is 5.11 Å². The Morgan fingerprint density at radius 1 is 1.73 bits per heavy atom. The van der Waals surface area contributed by atoms with Gasteiger partial charge in [0.15, 0.2) is 0 Å². The summed E-state index contributed by atoms with van der Waals surface area (Å²) in [6.07, 6.45) is 1.67. The number of aliphatic hydroxyl groups excluding tert-OH is 1. The van der Waals surface area contributed by atoms with Gasteiger partial charge in [-0.1, -0.05) is 0 Å². The van der Waals surface area contributed by atoms with Gasteiger partial charge in [0.1, 0.15) is 0 Å². The van der Waals surface area contributed by atoms with Crippen LogP contribution in [0, 0.1) is 11.3 Å². The van der Waals surface area contributed by atoms with E-state index >= 15 is 0 Å². The van der Waals surface area contributed by atoms with Crippen molar-refractivity contribution >= 4 is 0 Å². The number of piperidine rings is 1. The van der Waals surface area contributed by atoms with Crippen molar-refractivity contribution in [3.8, 4) is 6.07 Å². The van der Waals surface area contributed by atoms with Crippen LogP contribution in [0.2, 0.25) is 0 Å². The molecule has 0 saturated carbocycles. The van der Waals surface area contributed by atoms with E-state index in [-0.39, 0.29) is 12.1 Å². The summed E-state index contributed by atoms with van der Waals surface area (Å²) in [7, 11) is 0. The molecule has 1 saturated heterocycles. The van der Waals surface area contributed by atoms with Gasteiger partial charge in [0, 0.05) is 6.54 Å². The van der Waals surface area contributed by atoms with E-state index in [1.54, 1.807) is 0 Å². The van der Waals surface area contributed by atoms with E-state index < -0.39 is 0 Å². The zero-order valence-electron chi connectivity index (χ0n) is 6.82. The molecule has 1 heterocycles. The second kappa shape index (κ2) is 3.70. The molecule has 0 aliphatic carbocycles. The number of nitriles is 1. The minimum Gasteiger partial charge on any atom is -0.392 e. The number of rotatable bonds is 1. The van der Waals surface area contributed by atoms with Crippen molar-refractivity contribution in [3.05, 3.63) is 0 Å². The highest BCUT2D eigenvalue weighted by atomic mass is 16.3. The molecule has 11 heavy (non-hydrogen) atoms. The molecule has 3 nitrogen and oxygen atoms in total. The molecule has 0 aromatic rings. The molecule has 0 bridgehead atoms.